The van der Waals surface area contributed by atoms with Crippen molar-refractivity contribution in [2.75, 3.05) is 0 Å². The zero-order valence-electron chi connectivity index (χ0n) is 7.12. The SMILES string of the molecule is CCC1CC1OC1CC=CC1. The maximum atomic E-state index is 5.86. The van der Waals surface area contributed by atoms with E-state index in [9.17, 15) is 0 Å². The van der Waals surface area contributed by atoms with Gasteiger partial charge in [-0.15, -0.1) is 0 Å². The summed E-state index contributed by atoms with van der Waals surface area (Å²) in [5.41, 5.74) is 0. The van der Waals surface area contributed by atoms with Crippen molar-refractivity contribution in [3.8, 4) is 0 Å². The maximum absolute atomic E-state index is 5.86. The average molecular weight is 152 g/mol. The van der Waals surface area contributed by atoms with Crippen molar-refractivity contribution in [2.24, 2.45) is 5.92 Å². The second kappa shape index (κ2) is 2.98. The van der Waals surface area contributed by atoms with Crippen LogP contribution in [0.3, 0.4) is 0 Å². The van der Waals surface area contributed by atoms with Crippen molar-refractivity contribution in [1.82, 2.24) is 0 Å². The van der Waals surface area contributed by atoms with E-state index in [0.29, 0.717) is 12.2 Å². The molecule has 11 heavy (non-hydrogen) atoms. The summed E-state index contributed by atoms with van der Waals surface area (Å²) < 4.78 is 5.86. The van der Waals surface area contributed by atoms with Gasteiger partial charge in [-0.3, -0.25) is 0 Å². The third-order valence-corrected chi connectivity index (χ3v) is 2.71. The molecule has 2 rings (SSSR count). The van der Waals surface area contributed by atoms with Crippen molar-refractivity contribution in [1.29, 1.82) is 0 Å². The zero-order chi connectivity index (χ0) is 7.68. The molecule has 0 aromatic rings. The lowest BCUT2D eigenvalue weighted by Gasteiger charge is -2.09. The Bertz CT molecular complexity index is 154. The first-order chi connectivity index (χ1) is 5.40. The summed E-state index contributed by atoms with van der Waals surface area (Å²) in [6.45, 7) is 2.25. The molecule has 1 saturated carbocycles. The van der Waals surface area contributed by atoms with Crippen molar-refractivity contribution >= 4 is 0 Å². The normalized spacial score (nSPS) is 36.5. The van der Waals surface area contributed by atoms with E-state index >= 15 is 0 Å². The van der Waals surface area contributed by atoms with Gasteiger partial charge in [-0.2, -0.15) is 0 Å². The molecule has 2 unspecified atom stereocenters. The molecule has 0 amide bonds. The van der Waals surface area contributed by atoms with Crippen LogP contribution < -0.4 is 0 Å². The van der Waals surface area contributed by atoms with Gasteiger partial charge in [0, 0.05) is 0 Å². The molecule has 0 bridgehead atoms. The van der Waals surface area contributed by atoms with Crippen LogP contribution in [0.4, 0.5) is 0 Å². The molecule has 2 aliphatic rings. The third kappa shape index (κ3) is 1.64. The van der Waals surface area contributed by atoms with E-state index in [0.717, 1.165) is 18.8 Å². The number of hydrogen-bond acceptors (Lipinski definition) is 1. The second-order valence-corrected chi connectivity index (χ2v) is 3.64. The molecule has 2 atom stereocenters. The van der Waals surface area contributed by atoms with Gasteiger partial charge in [-0.1, -0.05) is 25.5 Å². The van der Waals surface area contributed by atoms with E-state index in [4.69, 9.17) is 4.74 Å². The summed E-state index contributed by atoms with van der Waals surface area (Å²) >= 11 is 0. The topological polar surface area (TPSA) is 9.23 Å². The Kier molecular flexibility index (Phi) is 1.99. The van der Waals surface area contributed by atoms with E-state index in [-0.39, 0.29) is 0 Å². The quantitative estimate of drug-likeness (QED) is 0.565. The molecule has 0 radical (unpaired) electrons. The van der Waals surface area contributed by atoms with Crippen LogP contribution in [0.5, 0.6) is 0 Å². The first-order valence-electron chi connectivity index (χ1n) is 4.70. The van der Waals surface area contributed by atoms with Gasteiger partial charge >= 0.3 is 0 Å². The van der Waals surface area contributed by atoms with Gasteiger partial charge in [0.1, 0.15) is 0 Å². The van der Waals surface area contributed by atoms with E-state index in [1.54, 1.807) is 0 Å². The Morgan fingerprint density at radius 3 is 2.64 bits per heavy atom. The number of ether oxygens (including phenoxy) is 1. The summed E-state index contributed by atoms with van der Waals surface area (Å²) in [7, 11) is 0. The molecule has 0 saturated heterocycles. The third-order valence-electron chi connectivity index (χ3n) is 2.71. The molecule has 0 N–H and O–H groups in total. The lowest BCUT2D eigenvalue weighted by Crippen LogP contribution is -2.10. The Morgan fingerprint density at radius 1 is 1.36 bits per heavy atom. The Morgan fingerprint density at radius 2 is 2.09 bits per heavy atom. The van der Waals surface area contributed by atoms with Crippen molar-refractivity contribution in [2.45, 2.75) is 44.8 Å². The van der Waals surface area contributed by atoms with Crippen molar-refractivity contribution in [3.63, 3.8) is 0 Å². The van der Waals surface area contributed by atoms with Gasteiger partial charge in [-0.05, 0) is 25.2 Å². The summed E-state index contributed by atoms with van der Waals surface area (Å²) in [6.07, 6.45) is 10.5. The van der Waals surface area contributed by atoms with Gasteiger partial charge in [-0.25, -0.2) is 0 Å². The van der Waals surface area contributed by atoms with Crippen LogP contribution >= 0.6 is 0 Å². The molecule has 0 heterocycles. The zero-order valence-corrected chi connectivity index (χ0v) is 7.12. The van der Waals surface area contributed by atoms with E-state index in [2.05, 4.69) is 19.1 Å². The first kappa shape index (κ1) is 7.35. The smallest absolute Gasteiger partial charge is 0.0647 e. The minimum Gasteiger partial charge on any atom is -0.374 e. The Hall–Kier alpha value is -0.300. The molecule has 1 heteroatoms. The molecule has 0 spiro atoms. The van der Waals surface area contributed by atoms with Crippen LogP contribution in [-0.4, -0.2) is 12.2 Å². The Labute approximate surface area is 68.4 Å². The fraction of sp³-hybridized carbons (Fsp3) is 0.800. The molecule has 1 fully saturated rings. The van der Waals surface area contributed by atoms with E-state index < -0.39 is 0 Å². The van der Waals surface area contributed by atoms with Crippen LogP contribution in [0.2, 0.25) is 0 Å². The highest BCUT2D eigenvalue weighted by molar-refractivity contribution is 4.97. The van der Waals surface area contributed by atoms with Crippen LogP contribution in [0, 0.1) is 5.92 Å². The van der Waals surface area contributed by atoms with E-state index in [1.807, 2.05) is 0 Å². The molecule has 1 nitrogen and oxygen atoms in total. The van der Waals surface area contributed by atoms with Gasteiger partial charge in [0.2, 0.25) is 0 Å². The molecule has 0 aliphatic heterocycles. The van der Waals surface area contributed by atoms with E-state index in [1.165, 1.54) is 12.8 Å². The highest BCUT2D eigenvalue weighted by atomic mass is 16.5. The first-order valence-corrected chi connectivity index (χ1v) is 4.70. The van der Waals surface area contributed by atoms with Crippen LogP contribution in [0.1, 0.15) is 32.6 Å². The Balaban J connectivity index is 1.68. The standard InChI is InChI=1S/C10H16O/c1-2-8-7-10(8)11-9-5-3-4-6-9/h3-4,8-10H,2,5-7H2,1H3. The predicted octanol–water partition coefficient (Wildman–Crippen LogP) is 2.52. The molecular weight excluding hydrogens is 136 g/mol. The monoisotopic (exact) mass is 152 g/mol. The summed E-state index contributed by atoms with van der Waals surface area (Å²) in [4.78, 5) is 0. The average Bonchev–Trinajstić information content (AvgIpc) is 2.54. The molecule has 2 aliphatic carbocycles. The highest BCUT2D eigenvalue weighted by Crippen LogP contribution is 2.38. The molecular formula is C10H16O. The van der Waals surface area contributed by atoms with Crippen molar-refractivity contribution in [3.05, 3.63) is 12.2 Å². The predicted molar refractivity (Wildman–Crippen MR) is 45.4 cm³/mol. The maximum Gasteiger partial charge on any atom is 0.0647 e. The number of rotatable bonds is 3. The van der Waals surface area contributed by atoms with Gasteiger partial charge in [0.15, 0.2) is 0 Å². The minimum atomic E-state index is 0.525. The van der Waals surface area contributed by atoms with Gasteiger partial charge in [0.05, 0.1) is 12.2 Å². The minimum absolute atomic E-state index is 0.525. The van der Waals surface area contributed by atoms with Gasteiger partial charge in [0.25, 0.3) is 0 Å². The van der Waals surface area contributed by atoms with Crippen LogP contribution in [0.15, 0.2) is 12.2 Å². The lowest BCUT2D eigenvalue weighted by molar-refractivity contribution is 0.0404. The van der Waals surface area contributed by atoms with Gasteiger partial charge < -0.3 is 4.74 Å². The largest absolute Gasteiger partial charge is 0.374 e. The highest BCUT2D eigenvalue weighted by Gasteiger charge is 2.38. The fourth-order valence-corrected chi connectivity index (χ4v) is 1.77. The molecule has 0 aromatic heterocycles. The molecule has 0 aromatic carbocycles. The van der Waals surface area contributed by atoms with Crippen molar-refractivity contribution < 1.29 is 4.74 Å². The fourth-order valence-electron chi connectivity index (χ4n) is 1.77. The molecule has 62 valence electrons. The number of hydrogen-bond donors (Lipinski definition) is 0. The summed E-state index contributed by atoms with van der Waals surface area (Å²) in [5, 5.41) is 0. The van der Waals surface area contributed by atoms with Crippen LogP contribution in [0.25, 0.3) is 0 Å². The summed E-state index contributed by atoms with van der Waals surface area (Å²) in [5.74, 6) is 0.885. The lowest BCUT2D eigenvalue weighted by atomic mass is 10.3. The summed E-state index contributed by atoms with van der Waals surface area (Å²) in [6, 6.07) is 0. The second-order valence-electron chi connectivity index (χ2n) is 3.64. The van der Waals surface area contributed by atoms with Crippen LogP contribution in [-0.2, 0) is 4.74 Å².